The maximum Gasteiger partial charge on any atom is 0.417 e. The average molecular weight is 452 g/mol. The van der Waals surface area contributed by atoms with Crippen molar-refractivity contribution >= 4 is 33.2 Å². The lowest BCUT2D eigenvalue weighted by Crippen LogP contribution is -2.31. The van der Waals surface area contributed by atoms with Crippen LogP contribution in [0, 0.1) is 0 Å². The molecule has 0 saturated carbocycles. The van der Waals surface area contributed by atoms with Crippen molar-refractivity contribution in [2.24, 2.45) is 0 Å². The molecule has 0 fully saturated rings. The summed E-state index contributed by atoms with van der Waals surface area (Å²) in [6.45, 7) is 3.60. The first-order valence-electron chi connectivity index (χ1n) is 8.32. The molecule has 158 valence electrons. The standard InChI is InChI=1S/C17H17ClF3N3O4S/c1-3-24(4-2)29(27,28)14-7-10(5-6-12(14)18)15(25)23-13-8-11(17(19,20)21)9-22-16(13)26/h5-9H,3-4H2,1-2H3,(H,22,26)(H,23,25). The highest BCUT2D eigenvalue weighted by atomic mass is 35.5. The van der Waals surface area contributed by atoms with Gasteiger partial charge in [-0.15, -0.1) is 0 Å². The average Bonchev–Trinajstić information content (AvgIpc) is 2.63. The first kappa shape index (κ1) is 22.9. The highest BCUT2D eigenvalue weighted by molar-refractivity contribution is 7.89. The van der Waals surface area contributed by atoms with Gasteiger partial charge in [-0.05, 0) is 24.3 Å². The predicted molar refractivity (Wildman–Crippen MR) is 102 cm³/mol. The van der Waals surface area contributed by atoms with E-state index in [2.05, 4.69) is 5.32 Å². The number of pyridine rings is 1. The van der Waals surface area contributed by atoms with Crippen molar-refractivity contribution < 1.29 is 26.4 Å². The summed E-state index contributed by atoms with van der Waals surface area (Å²) in [5.74, 6) is -0.970. The van der Waals surface area contributed by atoms with E-state index in [9.17, 15) is 31.2 Å². The number of rotatable bonds is 6. The van der Waals surface area contributed by atoms with Crippen LogP contribution in [0.25, 0.3) is 0 Å². The van der Waals surface area contributed by atoms with Crippen molar-refractivity contribution in [3.8, 4) is 0 Å². The Bertz CT molecular complexity index is 1080. The number of amides is 1. The number of carbonyl (C=O) groups is 1. The van der Waals surface area contributed by atoms with Crippen molar-refractivity contribution in [1.29, 1.82) is 0 Å². The molecule has 0 saturated heterocycles. The van der Waals surface area contributed by atoms with E-state index >= 15 is 0 Å². The minimum absolute atomic E-state index is 0.120. The topological polar surface area (TPSA) is 99.3 Å². The highest BCUT2D eigenvalue weighted by Crippen LogP contribution is 2.29. The quantitative estimate of drug-likeness (QED) is 0.703. The van der Waals surface area contributed by atoms with Gasteiger partial charge in [-0.2, -0.15) is 17.5 Å². The summed E-state index contributed by atoms with van der Waals surface area (Å²) in [7, 11) is -3.99. The maximum atomic E-state index is 12.8. The summed E-state index contributed by atoms with van der Waals surface area (Å²) in [6.07, 6.45) is -4.25. The fourth-order valence-corrected chi connectivity index (χ4v) is 4.44. The van der Waals surface area contributed by atoms with Crippen molar-refractivity contribution in [2.75, 3.05) is 18.4 Å². The van der Waals surface area contributed by atoms with Gasteiger partial charge in [-0.1, -0.05) is 25.4 Å². The van der Waals surface area contributed by atoms with Crippen LogP contribution in [0.5, 0.6) is 0 Å². The van der Waals surface area contributed by atoms with Gasteiger partial charge in [0.05, 0.1) is 10.6 Å². The summed E-state index contributed by atoms with van der Waals surface area (Å²) in [5, 5.41) is 1.94. The molecule has 0 bridgehead atoms. The van der Waals surface area contributed by atoms with E-state index in [1.165, 1.54) is 12.1 Å². The molecule has 0 aliphatic rings. The van der Waals surface area contributed by atoms with E-state index in [0.29, 0.717) is 12.3 Å². The van der Waals surface area contributed by atoms with Gasteiger partial charge in [-0.3, -0.25) is 9.59 Å². The Kier molecular flexibility index (Phi) is 6.76. The Balaban J connectivity index is 2.43. The van der Waals surface area contributed by atoms with Crippen LogP contribution in [0.1, 0.15) is 29.8 Å². The minimum atomic E-state index is -4.73. The summed E-state index contributed by atoms with van der Waals surface area (Å²) >= 11 is 5.98. The van der Waals surface area contributed by atoms with Gasteiger partial charge in [0.1, 0.15) is 10.6 Å². The van der Waals surface area contributed by atoms with Gasteiger partial charge in [0.15, 0.2) is 0 Å². The largest absolute Gasteiger partial charge is 0.417 e. The molecule has 0 aliphatic carbocycles. The second-order valence-electron chi connectivity index (χ2n) is 5.82. The van der Waals surface area contributed by atoms with Crippen LogP contribution in [-0.4, -0.2) is 36.7 Å². The zero-order valence-corrected chi connectivity index (χ0v) is 16.9. The zero-order valence-electron chi connectivity index (χ0n) is 15.3. The number of nitrogens with one attached hydrogen (secondary N) is 2. The highest BCUT2D eigenvalue weighted by Gasteiger charge is 2.32. The molecule has 0 unspecified atom stereocenters. The maximum absolute atomic E-state index is 12.8. The normalized spacial score (nSPS) is 12.2. The van der Waals surface area contributed by atoms with Crippen molar-refractivity contribution in [3.05, 3.63) is 57.0 Å². The molecule has 0 spiro atoms. The summed E-state index contributed by atoms with van der Waals surface area (Å²) in [5.41, 5.74) is -2.94. The van der Waals surface area contributed by atoms with Gasteiger partial charge in [0.25, 0.3) is 11.5 Å². The predicted octanol–water partition coefficient (Wildman–Crippen LogP) is 3.33. The lowest BCUT2D eigenvalue weighted by atomic mass is 10.2. The third-order valence-electron chi connectivity index (χ3n) is 4.00. The van der Waals surface area contributed by atoms with Gasteiger partial charge in [0, 0.05) is 24.8 Å². The fourth-order valence-electron chi connectivity index (χ4n) is 2.48. The van der Waals surface area contributed by atoms with Crippen LogP contribution in [0.2, 0.25) is 5.02 Å². The lowest BCUT2D eigenvalue weighted by molar-refractivity contribution is -0.137. The van der Waals surface area contributed by atoms with Crippen LogP contribution in [0.3, 0.4) is 0 Å². The summed E-state index contributed by atoms with van der Waals surface area (Å²) in [6, 6.07) is 3.87. The molecule has 1 heterocycles. The Morgan fingerprint density at radius 1 is 1.21 bits per heavy atom. The van der Waals surface area contributed by atoms with Gasteiger partial charge < -0.3 is 10.3 Å². The van der Waals surface area contributed by atoms with E-state index in [-0.39, 0.29) is 28.6 Å². The summed E-state index contributed by atoms with van der Waals surface area (Å²) < 4.78 is 64.9. The van der Waals surface area contributed by atoms with Crippen LogP contribution in [0.4, 0.5) is 18.9 Å². The van der Waals surface area contributed by atoms with Crippen LogP contribution in [0.15, 0.2) is 40.2 Å². The number of anilines is 1. The number of H-pyrrole nitrogens is 1. The molecule has 7 nitrogen and oxygen atoms in total. The molecule has 1 amide bonds. The number of aromatic amines is 1. The Hall–Kier alpha value is -2.37. The number of aromatic nitrogens is 1. The third-order valence-corrected chi connectivity index (χ3v) is 6.53. The first-order valence-corrected chi connectivity index (χ1v) is 10.1. The first-order chi connectivity index (χ1) is 13.4. The van der Waals surface area contributed by atoms with Gasteiger partial charge in [0.2, 0.25) is 10.0 Å². The number of alkyl halides is 3. The van der Waals surface area contributed by atoms with E-state index < -0.39 is 38.9 Å². The van der Waals surface area contributed by atoms with Crippen LogP contribution < -0.4 is 10.9 Å². The monoisotopic (exact) mass is 451 g/mol. The second-order valence-corrected chi connectivity index (χ2v) is 8.13. The Morgan fingerprint density at radius 2 is 1.83 bits per heavy atom. The molecule has 0 radical (unpaired) electrons. The third kappa shape index (κ3) is 4.98. The molecule has 2 aromatic rings. The number of halogens is 4. The zero-order chi connectivity index (χ0) is 22.0. The molecule has 29 heavy (non-hydrogen) atoms. The van der Waals surface area contributed by atoms with E-state index in [0.717, 1.165) is 10.4 Å². The number of hydrogen-bond donors (Lipinski definition) is 2. The Labute approximate surface area is 169 Å². The van der Waals surface area contributed by atoms with Crippen molar-refractivity contribution in [1.82, 2.24) is 9.29 Å². The second kappa shape index (κ2) is 8.56. The van der Waals surface area contributed by atoms with Gasteiger partial charge >= 0.3 is 6.18 Å². The van der Waals surface area contributed by atoms with Crippen molar-refractivity contribution in [3.63, 3.8) is 0 Å². The van der Waals surface area contributed by atoms with E-state index in [1.54, 1.807) is 13.8 Å². The van der Waals surface area contributed by atoms with E-state index in [4.69, 9.17) is 11.6 Å². The van der Waals surface area contributed by atoms with Crippen LogP contribution >= 0.6 is 11.6 Å². The van der Waals surface area contributed by atoms with E-state index in [1.807, 2.05) is 4.98 Å². The molecule has 0 aliphatic heterocycles. The minimum Gasteiger partial charge on any atom is -0.327 e. The smallest absolute Gasteiger partial charge is 0.327 e. The van der Waals surface area contributed by atoms with Gasteiger partial charge in [-0.25, -0.2) is 8.42 Å². The molecule has 1 aromatic heterocycles. The lowest BCUT2D eigenvalue weighted by Gasteiger charge is -2.19. The molecule has 12 heteroatoms. The van der Waals surface area contributed by atoms with Crippen molar-refractivity contribution in [2.45, 2.75) is 24.9 Å². The Morgan fingerprint density at radius 3 is 2.38 bits per heavy atom. The molecular formula is C17H17ClF3N3O4S. The number of carbonyl (C=O) groups excluding carboxylic acids is 1. The molecule has 2 N–H and O–H groups in total. The number of hydrogen-bond acceptors (Lipinski definition) is 4. The fraction of sp³-hybridized carbons (Fsp3) is 0.294. The summed E-state index contributed by atoms with van der Waals surface area (Å²) in [4.78, 5) is 25.7. The molecule has 1 aromatic carbocycles. The molecule has 0 atom stereocenters. The molecular weight excluding hydrogens is 435 g/mol. The number of nitrogens with zero attached hydrogens (tertiary/aromatic N) is 1. The number of benzene rings is 1. The molecule has 2 rings (SSSR count). The van der Waals surface area contributed by atoms with Crippen LogP contribution in [-0.2, 0) is 16.2 Å². The SMILES string of the molecule is CCN(CC)S(=O)(=O)c1cc(C(=O)Nc2cc(C(F)(F)F)c[nH]c2=O)ccc1Cl. The number of sulfonamides is 1.